The Kier molecular flexibility index (Phi) is 9.72. The minimum atomic E-state index is -0.997. The molecule has 0 aromatic heterocycles. The number of ether oxygens (including phenoxy) is 1. The monoisotopic (exact) mass is 554 g/mol. The van der Waals surface area contributed by atoms with Gasteiger partial charge < -0.3 is 14.7 Å². The van der Waals surface area contributed by atoms with Gasteiger partial charge in [0.15, 0.2) is 17.4 Å². The number of hydrogen-bond donors (Lipinski definition) is 2. The lowest BCUT2D eigenvalue weighted by atomic mass is 9.85. The molecule has 2 N–H and O–H groups in total. The fourth-order valence-electron chi connectivity index (χ4n) is 4.85. The summed E-state index contributed by atoms with van der Waals surface area (Å²) >= 11 is 1.34. The fraction of sp³-hybridized carbons (Fsp3) is 0.333. The maximum absolute atomic E-state index is 13.8. The average Bonchev–Trinajstić information content (AvgIpc) is 2.94. The molecule has 3 aromatic carbocycles. The molecule has 3 aromatic rings. The van der Waals surface area contributed by atoms with Crippen LogP contribution in [-0.4, -0.2) is 60.7 Å². The number of nitrogens with zero attached hydrogens (tertiary/aromatic N) is 1. The Hall–Kier alpha value is -3.27. The van der Waals surface area contributed by atoms with E-state index in [0.29, 0.717) is 21.8 Å². The molecule has 1 saturated heterocycles. The van der Waals surface area contributed by atoms with Crippen LogP contribution in [0.25, 0.3) is 11.1 Å². The molecule has 0 amide bonds. The van der Waals surface area contributed by atoms with Gasteiger partial charge in [0.1, 0.15) is 12.4 Å². The second kappa shape index (κ2) is 13.2. The molecular weight excluding hydrogens is 522 g/mol. The highest BCUT2D eigenvalue weighted by Gasteiger charge is 2.31. The van der Waals surface area contributed by atoms with E-state index in [0.717, 1.165) is 37.1 Å². The number of benzene rings is 3. The largest absolute Gasteiger partial charge is 0.489 e. The Morgan fingerprint density at radius 3 is 2.44 bits per heavy atom. The lowest BCUT2D eigenvalue weighted by molar-refractivity contribution is -0.136. The van der Waals surface area contributed by atoms with E-state index in [1.54, 1.807) is 42.5 Å². The molecule has 1 aliphatic rings. The molecule has 0 aliphatic carbocycles. The van der Waals surface area contributed by atoms with E-state index >= 15 is 0 Å². The molecule has 0 saturated carbocycles. The topological polar surface area (TPSA) is 78.9 Å². The fourth-order valence-corrected chi connectivity index (χ4v) is 5.46. The van der Waals surface area contributed by atoms with Gasteiger partial charge in [-0.15, -0.1) is 11.8 Å². The van der Waals surface area contributed by atoms with Crippen molar-refractivity contribution in [1.82, 2.24) is 10.2 Å². The summed E-state index contributed by atoms with van der Waals surface area (Å²) in [5.74, 6) is -2.23. The number of carbonyl (C=O) groups is 2. The zero-order valence-corrected chi connectivity index (χ0v) is 22.8. The maximum Gasteiger partial charge on any atom is 0.317 e. The van der Waals surface area contributed by atoms with Crippen LogP contribution >= 0.6 is 11.8 Å². The number of nitrogens with one attached hydrogen (secondary N) is 1. The van der Waals surface area contributed by atoms with Gasteiger partial charge >= 0.3 is 5.97 Å². The summed E-state index contributed by atoms with van der Waals surface area (Å²) < 4.78 is 33.4. The third kappa shape index (κ3) is 7.44. The number of carbonyl (C=O) groups excluding carboxylic acids is 1. The lowest BCUT2D eigenvalue weighted by Gasteiger charge is -2.34. The summed E-state index contributed by atoms with van der Waals surface area (Å²) in [5.41, 5.74) is 2.66. The molecule has 0 bridgehead atoms. The van der Waals surface area contributed by atoms with E-state index in [-0.39, 0.29) is 24.9 Å². The van der Waals surface area contributed by atoms with Crippen molar-refractivity contribution in [3.05, 3.63) is 83.4 Å². The van der Waals surface area contributed by atoms with E-state index in [1.807, 2.05) is 19.4 Å². The summed E-state index contributed by atoms with van der Waals surface area (Å²) in [4.78, 5) is 27.5. The van der Waals surface area contributed by atoms with Gasteiger partial charge in [-0.1, -0.05) is 30.3 Å². The molecule has 1 unspecified atom stereocenters. The van der Waals surface area contributed by atoms with Crippen LogP contribution in [0.2, 0.25) is 0 Å². The normalized spacial score (nSPS) is 15.2. The molecule has 206 valence electrons. The van der Waals surface area contributed by atoms with Crippen molar-refractivity contribution < 1.29 is 28.2 Å². The number of rotatable bonds is 11. The third-order valence-corrected chi connectivity index (χ3v) is 7.79. The zero-order chi connectivity index (χ0) is 27.9. The number of ketones is 1. The van der Waals surface area contributed by atoms with E-state index < -0.39 is 23.6 Å². The molecule has 1 fully saturated rings. The molecule has 9 heteroatoms. The van der Waals surface area contributed by atoms with Crippen LogP contribution in [-0.2, 0) is 11.4 Å². The number of Topliss-reactive ketones (excluding diaryl/α,β-unsaturated/α-hetero) is 1. The van der Waals surface area contributed by atoms with Gasteiger partial charge in [0.05, 0.1) is 12.6 Å². The first kappa shape index (κ1) is 28.7. The Morgan fingerprint density at radius 2 is 1.77 bits per heavy atom. The lowest BCUT2D eigenvalue weighted by Crippen LogP contribution is -2.48. The molecule has 1 aliphatic heterocycles. The molecule has 39 heavy (non-hydrogen) atoms. The first-order valence-electron chi connectivity index (χ1n) is 12.8. The third-order valence-electron chi connectivity index (χ3n) is 7.02. The highest BCUT2D eigenvalue weighted by Crippen LogP contribution is 2.33. The molecule has 1 heterocycles. The van der Waals surface area contributed by atoms with Crippen LogP contribution in [0.1, 0.15) is 28.8 Å². The van der Waals surface area contributed by atoms with Gasteiger partial charge in [0.25, 0.3) is 0 Å². The highest BCUT2D eigenvalue weighted by atomic mass is 32.2. The minimum absolute atomic E-state index is 0.0627. The second-order valence-electron chi connectivity index (χ2n) is 9.74. The van der Waals surface area contributed by atoms with Crippen LogP contribution in [0, 0.1) is 17.6 Å². The minimum Gasteiger partial charge on any atom is -0.489 e. The Balaban J connectivity index is 1.44. The summed E-state index contributed by atoms with van der Waals surface area (Å²) in [5, 5.41) is 12.1. The number of hydrogen-bond acceptors (Lipinski definition) is 6. The van der Waals surface area contributed by atoms with E-state index in [1.165, 1.54) is 23.9 Å². The SMILES string of the molecule is CSc1cc(F)c(F)cc1-c1ccc(OCc2cccc(C(=O)C(NCC(=O)O)C3CCN(C)CC3)c2)cc1. The number of carboxylic acid groups (broad SMARTS) is 1. The zero-order valence-electron chi connectivity index (χ0n) is 22.0. The quantitative estimate of drug-likeness (QED) is 0.239. The number of piperidine rings is 1. The highest BCUT2D eigenvalue weighted by molar-refractivity contribution is 7.98. The summed E-state index contributed by atoms with van der Waals surface area (Å²) in [7, 11) is 2.04. The van der Waals surface area contributed by atoms with Crippen LogP contribution in [0.15, 0.2) is 65.6 Å². The summed E-state index contributed by atoms with van der Waals surface area (Å²) in [6, 6.07) is 16.1. The van der Waals surface area contributed by atoms with Gasteiger partial charge in [0, 0.05) is 10.5 Å². The second-order valence-corrected chi connectivity index (χ2v) is 10.6. The number of aliphatic carboxylic acids is 1. The first-order valence-corrected chi connectivity index (χ1v) is 14.0. The van der Waals surface area contributed by atoms with Crippen molar-refractivity contribution in [2.45, 2.75) is 30.4 Å². The van der Waals surface area contributed by atoms with Gasteiger partial charge in [-0.2, -0.15) is 0 Å². The van der Waals surface area contributed by atoms with Gasteiger partial charge in [-0.05, 0) is 92.2 Å². The van der Waals surface area contributed by atoms with Crippen LogP contribution < -0.4 is 10.1 Å². The average molecular weight is 555 g/mol. The molecule has 0 spiro atoms. The predicted molar refractivity (Wildman–Crippen MR) is 148 cm³/mol. The van der Waals surface area contributed by atoms with Crippen molar-refractivity contribution in [1.29, 1.82) is 0 Å². The van der Waals surface area contributed by atoms with Crippen molar-refractivity contribution in [3.8, 4) is 16.9 Å². The summed E-state index contributed by atoms with van der Waals surface area (Å²) in [6.45, 7) is 1.68. The standard InChI is InChI=1S/C30H32F2N2O4S/c1-34-12-10-21(11-13-34)29(33-17-28(35)36)30(37)22-5-3-4-19(14-22)18-38-23-8-6-20(7-9-23)24-15-25(31)26(32)16-27(24)39-2/h3-9,14-16,21,29,33H,10-13,17-18H2,1-2H3,(H,35,36). The predicted octanol–water partition coefficient (Wildman–Crippen LogP) is 5.50. The molecule has 0 radical (unpaired) electrons. The molecular formula is C30H32F2N2O4S. The van der Waals surface area contributed by atoms with Crippen LogP contribution in [0.3, 0.4) is 0 Å². The van der Waals surface area contributed by atoms with Crippen molar-refractivity contribution in [2.24, 2.45) is 5.92 Å². The van der Waals surface area contributed by atoms with Gasteiger partial charge in [-0.25, -0.2) is 8.78 Å². The van der Waals surface area contributed by atoms with Crippen molar-refractivity contribution >= 4 is 23.5 Å². The Labute approximate surface area is 231 Å². The van der Waals surface area contributed by atoms with Crippen molar-refractivity contribution in [2.75, 3.05) is 32.9 Å². The van der Waals surface area contributed by atoms with E-state index in [9.17, 15) is 23.5 Å². The van der Waals surface area contributed by atoms with Gasteiger partial charge in [-0.3, -0.25) is 14.9 Å². The smallest absolute Gasteiger partial charge is 0.317 e. The molecule has 1 atom stereocenters. The maximum atomic E-state index is 13.8. The van der Waals surface area contributed by atoms with Crippen molar-refractivity contribution in [3.63, 3.8) is 0 Å². The number of carboxylic acids is 1. The number of likely N-dealkylation sites (tertiary alicyclic amines) is 1. The van der Waals surface area contributed by atoms with Crippen LogP contribution in [0.4, 0.5) is 8.78 Å². The molecule has 4 rings (SSSR count). The van der Waals surface area contributed by atoms with E-state index in [2.05, 4.69) is 10.2 Å². The Bertz CT molecular complexity index is 1310. The summed E-state index contributed by atoms with van der Waals surface area (Å²) in [6.07, 6.45) is 3.45. The van der Waals surface area contributed by atoms with E-state index in [4.69, 9.17) is 4.74 Å². The van der Waals surface area contributed by atoms with Crippen LogP contribution in [0.5, 0.6) is 5.75 Å². The first-order chi connectivity index (χ1) is 18.7. The molecule has 6 nitrogen and oxygen atoms in total. The van der Waals surface area contributed by atoms with Gasteiger partial charge in [0.2, 0.25) is 0 Å². The number of thioether (sulfide) groups is 1. The Morgan fingerprint density at radius 1 is 1.08 bits per heavy atom. The number of halogens is 2.